The topological polar surface area (TPSA) is 89.3 Å². The van der Waals surface area contributed by atoms with E-state index >= 15 is 0 Å². The summed E-state index contributed by atoms with van der Waals surface area (Å²) < 4.78 is 29.6. The fourth-order valence-electron chi connectivity index (χ4n) is 3.47. The molecule has 0 unspecified atom stereocenters. The molecular weight excluding hydrogens is 384 g/mol. The van der Waals surface area contributed by atoms with Gasteiger partial charge >= 0.3 is 0 Å². The summed E-state index contributed by atoms with van der Waals surface area (Å²) in [7, 11) is -3.28. The van der Waals surface area contributed by atoms with Crippen LogP contribution in [0, 0.1) is 11.8 Å². The molecule has 27 heavy (non-hydrogen) atoms. The van der Waals surface area contributed by atoms with Gasteiger partial charge < -0.3 is 9.73 Å². The average Bonchev–Trinajstić information content (AvgIpc) is 3.06. The van der Waals surface area contributed by atoms with Gasteiger partial charge in [0.15, 0.2) is 15.4 Å². The molecule has 1 fully saturated rings. The van der Waals surface area contributed by atoms with Crippen LogP contribution in [0.25, 0.3) is 11.1 Å². The van der Waals surface area contributed by atoms with E-state index in [1.54, 1.807) is 13.0 Å². The predicted octanol–water partition coefficient (Wildman–Crippen LogP) is 3.65. The number of sulfone groups is 1. The Hall–Kier alpha value is -1.54. The van der Waals surface area contributed by atoms with E-state index in [2.05, 4.69) is 24.1 Å². The summed E-state index contributed by atoms with van der Waals surface area (Å²) in [5.41, 5.74) is 1.00. The lowest BCUT2D eigenvalue weighted by molar-refractivity contribution is -0.120. The lowest BCUT2D eigenvalue weighted by Gasteiger charge is -2.34. The molecule has 0 radical (unpaired) electrons. The Morgan fingerprint density at radius 2 is 2.11 bits per heavy atom. The van der Waals surface area contributed by atoms with Crippen molar-refractivity contribution in [2.75, 3.05) is 11.5 Å². The van der Waals surface area contributed by atoms with Crippen LogP contribution >= 0.6 is 11.8 Å². The van der Waals surface area contributed by atoms with Crippen LogP contribution in [-0.4, -0.2) is 36.9 Å². The minimum absolute atomic E-state index is 0.0255. The largest absolute Gasteiger partial charge is 0.431 e. The molecule has 0 bridgehead atoms. The molecule has 0 aliphatic heterocycles. The van der Waals surface area contributed by atoms with Crippen molar-refractivity contribution in [1.82, 2.24) is 10.3 Å². The van der Waals surface area contributed by atoms with Crippen molar-refractivity contribution in [2.45, 2.75) is 56.2 Å². The van der Waals surface area contributed by atoms with E-state index in [1.807, 2.05) is 0 Å². The second kappa shape index (κ2) is 8.22. The second-order valence-corrected chi connectivity index (χ2v) is 10.4. The summed E-state index contributed by atoms with van der Waals surface area (Å²) in [4.78, 5) is 16.9. The fourth-order valence-corrected chi connectivity index (χ4v) is 5.02. The van der Waals surface area contributed by atoms with Gasteiger partial charge in [-0.2, -0.15) is 0 Å². The number of carbonyl (C=O) groups is 1. The normalized spacial score (nSPS) is 23.4. The van der Waals surface area contributed by atoms with Crippen molar-refractivity contribution in [3.8, 4) is 0 Å². The summed E-state index contributed by atoms with van der Waals surface area (Å²) in [5.74, 6) is 1.35. The number of hydrogen-bond donors (Lipinski definition) is 1. The van der Waals surface area contributed by atoms with E-state index in [0.29, 0.717) is 28.2 Å². The summed E-state index contributed by atoms with van der Waals surface area (Å²) in [5, 5.41) is 3.50. The summed E-state index contributed by atoms with van der Waals surface area (Å²) in [6, 6.07) is 4.89. The molecule has 148 valence electrons. The van der Waals surface area contributed by atoms with Crippen LogP contribution in [0.2, 0.25) is 0 Å². The SMILES string of the molecule is CCS(=O)(=O)c1ccc2oc(SCC(=O)N[C@H]3CCC[C@@H](C)[C@@H]3C)nc2c1. The summed E-state index contributed by atoms with van der Waals surface area (Å²) in [6.07, 6.45) is 3.40. The molecule has 1 heterocycles. The van der Waals surface area contributed by atoms with Gasteiger partial charge in [-0.15, -0.1) is 0 Å². The Labute approximate surface area is 164 Å². The molecular formula is C19H26N2O4S2. The van der Waals surface area contributed by atoms with Crippen LogP contribution < -0.4 is 5.32 Å². The number of carbonyl (C=O) groups excluding carboxylic acids is 1. The van der Waals surface area contributed by atoms with Crippen LogP contribution in [0.1, 0.15) is 40.0 Å². The molecule has 2 aromatic rings. The number of rotatable bonds is 6. The number of thioether (sulfide) groups is 1. The van der Waals surface area contributed by atoms with E-state index in [-0.39, 0.29) is 28.4 Å². The lowest BCUT2D eigenvalue weighted by Crippen LogP contribution is -2.44. The van der Waals surface area contributed by atoms with Crippen molar-refractivity contribution in [3.63, 3.8) is 0 Å². The van der Waals surface area contributed by atoms with Crippen molar-refractivity contribution in [2.24, 2.45) is 11.8 Å². The molecule has 1 aromatic carbocycles. The quantitative estimate of drug-likeness (QED) is 0.731. The lowest BCUT2D eigenvalue weighted by atomic mass is 9.78. The predicted molar refractivity (Wildman–Crippen MR) is 107 cm³/mol. The van der Waals surface area contributed by atoms with E-state index in [9.17, 15) is 13.2 Å². The zero-order valence-corrected chi connectivity index (χ0v) is 17.5. The zero-order chi connectivity index (χ0) is 19.6. The molecule has 1 N–H and O–H groups in total. The smallest absolute Gasteiger partial charge is 0.257 e. The zero-order valence-electron chi connectivity index (χ0n) is 15.9. The van der Waals surface area contributed by atoms with Gasteiger partial charge in [0.2, 0.25) is 5.91 Å². The highest BCUT2D eigenvalue weighted by molar-refractivity contribution is 7.99. The minimum atomic E-state index is -3.28. The maximum Gasteiger partial charge on any atom is 0.257 e. The van der Waals surface area contributed by atoms with Gasteiger partial charge in [-0.3, -0.25) is 4.79 Å². The monoisotopic (exact) mass is 410 g/mol. The van der Waals surface area contributed by atoms with Gasteiger partial charge in [-0.25, -0.2) is 13.4 Å². The van der Waals surface area contributed by atoms with Crippen LogP contribution in [0.15, 0.2) is 32.7 Å². The highest BCUT2D eigenvalue weighted by atomic mass is 32.2. The van der Waals surface area contributed by atoms with Gasteiger partial charge in [-0.1, -0.05) is 45.4 Å². The Kier molecular flexibility index (Phi) is 6.15. The molecule has 0 saturated heterocycles. The van der Waals surface area contributed by atoms with Crippen LogP contribution in [0.5, 0.6) is 0 Å². The van der Waals surface area contributed by atoms with Crippen LogP contribution in [-0.2, 0) is 14.6 Å². The number of oxazole rings is 1. The molecule has 1 amide bonds. The Morgan fingerprint density at radius 3 is 2.85 bits per heavy atom. The second-order valence-electron chi connectivity index (χ2n) is 7.24. The van der Waals surface area contributed by atoms with Crippen LogP contribution in [0.3, 0.4) is 0 Å². The fraction of sp³-hybridized carbons (Fsp3) is 0.579. The summed E-state index contributed by atoms with van der Waals surface area (Å²) in [6.45, 7) is 6.05. The Morgan fingerprint density at radius 1 is 1.33 bits per heavy atom. The third-order valence-corrected chi connectivity index (χ3v) is 8.02. The first-order valence-corrected chi connectivity index (χ1v) is 12.0. The standard InChI is InChI=1S/C19H26N2O4S2/c1-4-27(23,24)14-8-9-17-16(10-14)21-19(25-17)26-11-18(22)20-15-7-5-6-12(2)13(15)3/h8-10,12-13,15H,4-7,11H2,1-3H3,(H,20,22)/t12-,13+,15+/m1/s1. The van der Waals surface area contributed by atoms with Crippen molar-refractivity contribution < 1.29 is 17.6 Å². The molecule has 3 rings (SSSR count). The first-order chi connectivity index (χ1) is 12.8. The molecule has 1 aliphatic carbocycles. The number of benzene rings is 1. The molecule has 1 aliphatic rings. The molecule has 6 nitrogen and oxygen atoms in total. The van der Waals surface area contributed by atoms with Gasteiger partial charge in [0.05, 0.1) is 16.4 Å². The first-order valence-electron chi connectivity index (χ1n) is 9.35. The number of fused-ring (bicyclic) bond motifs is 1. The molecule has 0 spiro atoms. The van der Waals surface area contributed by atoms with Crippen molar-refractivity contribution >= 4 is 38.6 Å². The van der Waals surface area contributed by atoms with E-state index in [1.165, 1.54) is 30.3 Å². The third-order valence-electron chi connectivity index (χ3n) is 5.46. The third kappa shape index (κ3) is 4.66. The van der Waals surface area contributed by atoms with Crippen LogP contribution in [0.4, 0.5) is 0 Å². The molecule has 1 saturated carbocycles. The minimum Gasteiger partial charge on any atom is -0.431 e. The van der Waals surface area contributed by atoms with Crippen molar-refractivity contribution in [1.29, 1.82) is 0 Å². The highest BCUT2D eigenvalue weighted by Crippen LogP contribution is 2.30. The highest BCUT2D eigenvalue weighted by Gasteiger charge is 2.28. The van der Waals surface area contributed by atoms with Gasteiger partial charge in [0, 0.05) is 6.04 Å². The van der Waals surface area contributed by atoms with Crippen molar-refractivity contribution in [3.05, 3.63) is 18.2 Å². The number of aromatic nitrogens is 1. The maximum absolute atomic E-state index is 12.3. The van der Waals surface area contributed by atoms with E-state index in [4.69, 9.17) is 4.42 Å². The van der Waals surface area contributed by atoms with E-state index < -0.39 is 9.84 Å². The van der Waals surface area contributed by atoms with Gasteiger partial charge in [0.25, 0.3) is 5.22 Å². The molecule has 1 aromatic heterocycles. The number of hydrogen-bond acceptors (Lipinski definition) is 6. The Balaban J connectivity index is 1.62. The number of amides is 1. The Bertz CT molecular complexity index is 923. The van der Waals surface area contributed by atoms with Gasteiger partial charge in [0.1, 0.15) is 5.52 Å². The number of nitrogens with one attached hydrogen (secondary N) is 1. The summed E-state index contributed by atoms with van der Waals surface area (Å²) >= 11 is 1.22. The average molecular weight is 411 g/mol. The molecule has 3 atom stereocenters. The van der Waals surface area contributed by atoms with Gasteiger partial charge in [-0.05, 0) is 36.5 Å². The first kappa shape index (κ1) is 20.2. The molecule has 8 heteroatoms. The maximum atomic E-state index is 12.3. The number of nitrogens with zero attached hydrogens (tertiary/aromatic N) is 1. The van der Waals surface area contributed by atoms with E-state index in [0.717, 1.165) is 12.8 Å².